The van der Waals surface area contributed by atoms with Crippen molar-refractivity contribution in [2.24, 2.45) is 11.5 Å². The maximum absolute atomic E-state index is 13.0. The molecule has 1 unspecified atom stereocenters. The number of aromatic nitrogens is 4. The zero-order valence-corrected chi connectivity index (χ0v) is 22.2. The van der Waals surface area contributed by atoms with Crippen LogP contribution in [-0.4, -0.2) is 68.4 Å². The number of nitrogens with two attached hydrogens (primary N) is 2. The first-order valence-corrected chi connectivity index (χ1v) is 13.3. The van der Waals surface area contributed by atoms with Gasteiger partial charge in [0.25, 0.3) is 0 Å². The summed E-state index contributed by atoms with van der Waals surface area (Å²) in [5.41, 5.74) is 14.6. The Hall–Kier alpha value is -4.63. The average molecular weight is 542 g/mol. The van der Waals surface area contributed by atoms with Gasteiger partial charge in [-0.25, -0.2) is 0 Å². The minimum Gasteiger partial charge on any atom is -0.366 e. The Kier molecular flexibility index (Phi) is 7.32. The van der Waals surface area contributed by atoms with Gasteiger partial charge in [0.1, 0.15) is 6.04 Å². The predicted molar refractivity (Wildman–Crippen MR) is 144 cm³/mol. The summed E-state index contributed by atoms with van der Waals surface area (Å²) in [7, 11) is 0. The van der Waals surface area contributed by atoms with E-state index in [9.17, 15) is 19.6 Å². The molecule has 3 amide bonds. The molecule has 12 heteroatoms. The van der Waals surface area contributed by atoms with Crippen LogP contribution in [0.25, 0.3) is 0 Å². The van der Waals surface area contributed by atoms with Crippen LogP contribution in [0.1, 0.15) is 75.0 Å². The summed E-state index contributed by atoms with van der Waals surface area (Å²) < 4.78 is 0. The summed E-state index contributed by atoms with van der Waals surface area (Å²) in [6.07, 6.45) is 3.08. The molecule has 2 heterocycles. The number of nitriles is 1. The number of primary amides is 2. The van der Waals surface area contributed by atoms with E-state index in [1.165, 1.54) is 0 Å². The molecule has 5 rings (SSSR count). The number of nitrogens with one attached hydrogen (secondary N) is 2. The number of tetrazole rings is 1. The Balaban J connectivity index is 1.58. The molecule has 12 nitrogen and oxygen atoms in total. The zero-order valence-electron chi connectivity index (χ0n) is 22.2. The number of fused-ring (bicyclic) bond motifs is 2. The standard InChI is InChI=1S/C28H31N9O3/c1-16(32-15-24(38)37-10-2-3-21(37)14-29)13-28(27-33-35-36-34-27)22-8-6-19(25(30)39)11-17(22)4-5-18-12-20(26(31)40)7-9-23(18)28/h6-9,11-12,16,21,32H,2-5,10,13,15H2,1H3,(H2,30,39)(H2,31,40)(H,33,34,35,36)/t16-,21?/m1/s1. The van der Waals surface area contributed by atoms with Crippen LogP contribution in [0.2, 0.25) is 0 Å². The Morgan fingerprint density at radius 2 is 1.75 bits per heavy atom. The fourth-order valence-corrected chi connectivity index (χ4v) is 6.14. The second-order valence-corrected chi connectivity index (χ2v) is 10.5. The molecule has 2 aliphatic rings. The number of amides is 3. The molecule has 3 aromatic rings. The first-order valence-electron chi connectivity index (χ1n) is 13.3. The lowest BCUT2D eigenvalue weighted by molar-refractivity contribution is -0.130. The fraction of sp³-hybridized carbons (Fsp3) is 0.393. The lowest BCUT2D eigenvalue weighted by Gasteiger charge is -2.36. The average Bonchev–Trinajstić information content (AvgIpc) is 3.64. The number of carbonyl (C=O) groups is 3. The number of aryl methyl sites for hydroxylation is 2. The predicted octanol–water partition coefficient (Wildman–Crippen LogP) is 0.713. The van der Waals surface area contributed by atoms with Crippen LogP contribution in [-0.2, 0) is 23.1 Å². The van der Waals surface area contributed by atoms with Gasteiger partial charge in [-0.1, -0.05) is 17.3 Å². The van der Waals surface area contributed by atoms with E-state index in [0.29, 0.717) is 49.2 Å². The first kappa shape index (κ1) is 27.0. The summed E-state index contributed by atoms with van der Waals surface area (Å²) in [6.45, 7) is 2.62. The fourth-order valence-electron chi connectivity index (χ4n) is 6.14. The van der Waals surface area contributed by atoms with Crippen molar-refractivity contribution >= 4 is 17.7 Å². The van der Waals surface area contributed by atoms with Gasteiger partial charge in [0.05, 0.1) is 18.0 Å². The molecule has 0 saturated carbocycles. The molecule has 206 valence electrons. The quantitative estimate of drug-likeness (QED) is 0.320. The van der Waals surface area contributed by atoms with Crippen LogP contribution in [0.5, 0.6) is 0 Å². The van der Waals surface area contributed by atoms with Crippen molar-refractivity contribution in [3.63, 3.8) is 0 Å². The van der Waals surface area contributed by atoms with E-state index in [1.54, 1.807) is 29.2 Å². The molecule has 1 fully saturated rings. The highest BCUT2D eigenvalue weighted by Crippen LogP contribution is 2.46. The Bertz CT molecular complexity index is 1430. The summed E-state index contributed by atoms with van der Waals surface area (Å²) >= 11 is 0. The highest BCUT2D eigenvalue weighted by atomic mass is 16.2. The molecular weight excluding hydrogens is 510 g/mol. The summed E-state index contributed by atoms with van der Waals surface area (Å²) in [5, 5.41) is 28.0. The smallest absolute Gasteiger partial charge is 0.248 e. The Labute approximate surface area is 231 Å². The molecule has 1 saturated heterocycles. The van der Waals surface area contributed by atoms with Crippen molar-refractivity contribution in [3.8, 4) is 6.07 Å². The van der Waals surface area contributed by atoms with Gasteiger partial charge in [0.15, 0.2) is 5.82 Å². The first-order chi connectivity index (χ1) is 19.2. The van der Waals surface area contributed by atoms with Crippen molar-refractivity contribution in [2.45, 2.75) is 56.5 Å². The minimum atomic E-state index is -0.946. The van der Waals surface area contributed by atoms with E-state index in [0.717, 1.165) is 28.7 Å². The van der Waals surface area contributed by atoms with Gasteiger partial charge in [0, 0.05) is 23.7 Å². The van der Waals surface area contributed by atoms with Gasteiger partial charge >= 0.3 is 0 Å². The molecule has 1 aliphatic heterocycles. The lowest BCUT2D eigenvalue weighted by atomic mass is 9.67. The van der Waals surface area contributed by atoms with E-state index in [2.05, 4.69) is 32.0 Å². The SMILES string of the molecule is C[C@H](CC1(c2nn[nH]n2)c2ccc(C(N)=O)cc2CCc2cc(C(N)=O)ccc21)NCC(=O)N1CCCC1C#N. The number of hydrogen-bond donors (Lipinski definition) is 4. The normalized spacial score (nSPS) is 18.2. The van der Waals surface area contributed by atoms with Crippen LogP contribution in [0.4, 0.5) is 0 Å². The zero-order chi connectivity index (χ0) is 28.4. The van der Waals surface area contributed by atoms with Gasteiger partial charge in [-0.15, -0.1) is 10.2 Å². The van der Waals surface area contributed by atoms with E-state index in [-0.39, 0.29) is 18.5 Å². The van der Waals surface area contributed by atoms with E-state index >= 15 is 0 Å². The molecule has 1 aliphatic carbocycles. The molecule has 0 bridgehead atoms. The molecule has 2 atom stereocenters. The van der Waals surface area contributed by atoms with E-state index in [4.69, 9.17) is 11.5 Å². The third-order valence-electron chi connectivity index (χ3n) is 8.03. The Morgan fingerprint density at radius 1 is 1.12 bits per heavy atom. The Morgan fingerprint density at radius 3 is 2.27 bits per heavy atom. The minimum absolute atomic E-state index is 0.0720. The van der Waals surface area contributed by atoms with Crippen LogP contribution in [0, 0.1) is 11.3 Å². The number of likely N-dealkylation sites (tertiary alicyclic amines) is 1. The molecule has 0 spiro atoms. The van der Waals surface area contributed by atoms with Gasteiger partial charge in [-0.3, -0.25) is 14.4 Å². The van der Waals surface area contributed by atoms with Crippen LogP contribution in [0.15, 0.2) is 36.4 Å². The van der Waals surface area contributed by atoms with Crippen molar-refractivity contribution < 1.29 is 14.4 Å². The molecular formula is C28H31N9O3. The lowest BCUT2D eigenvalue weighted by Crippen LogP contribution is -2.45. The van der Waals surface area contributed by atoms with Crippen molar-refractivity contribution in [1.82, 2.24) is 30.8 Å². The monoisotopic (exact) mass is 541 g/mol. The van der Waals surface area contributed by atoms with Crippen molar-refractivity contribution in [1.29, 1.82) is 5.26 Å². The summed E-state index contributed by atoms with van der Waals surface area (Å²) in [6, 6.07) is 12.3. The molecule has 0 radical (unpaired) electrons. The van der Waals surface area contributed by atoms with E-state index < -0.39 is 23.3 Å². The summed E-state index contributed by atoms with van der Waals surface area (Å²) in [5.74, 6) is -0.767. The molecule has 6 N–H and O–H groups in total. The van der Waals surface area contributed by atoms with Crippen molar-refractivity contribution in [2.75, 3.05) is 13.1 Å². The largest absolute Gasteiger partial charge is 0.366 e. The van der Waals surface area contributed by atoms with Gasteiger partial charge in [-0.2, -0.15) is 10.5 Å². The number of aromatic amines is 1. The molecule has 1 aromatic heterocycles. The maximum Gasteiger partial charge on any atom is 0.248 e. The maximum atomic E-state index is 13.0. The number of benzene rings is 2. The second kappa shape index (κ2) is 10.9. The van der Waals surface area contributed by atoms with Crippen LogP contribution >= 0.6 is 0 Å². The number of rotatable bonds is 8. The third kappa shape index (κ3) is 4.80. The number of H-pyrrole nitrogens is 1. The number of hydrogen-bond acceptors (Lipinski definition) is 8. The van der Waals surface area contributed by atoms with E-state index in [1.807, 2.05) is 19.1 Å². The summed E-state index contributed by atoms with van der Waals surface area (Å²) in [4.78, 5) is 38.7. The van der Waals surface area contributed by atoms with Crippen LogP contribution in [0.3, 0.4) is 0 Å². The third-order valence-corrected chi connectivity index (χ3v) is 8.03. The topological polar surface area (TPSA) is 197 Å². The van der Waals surface area contributed by atoms with Gasteiger partial charge in [0.2, 0.25) is 17.7 Å². The van der Waals surface area contributed by atoms with Gasteiger partial charge in [-0.05, 0) is 85.5 Å². The highest BCUT2D eigenvalue weighted by molar-refractivity contribution is 5.94. The number of carbonyl (C=O) groups excluding carboxylic acids is 3. The number of nitrogens with zero attached hydrogens (tertiary/aromatic N) is 5. The molecule has 40 heavy (non-hydrogen) atoms. The molecule has 2 aromatic carbocycles. The second-order valence-electron chi connectivity index (χ2n) is 10.5. The van der Waals surface area contributed by atoms with Crippen molar-refractivity contribution in [3.05, 3.63) is 75.6 Å². The van der Waals surface area contributed by atoms with Crippen LogP contribution < -0.4 is 16.8 Å². The van der Waals surface area contributed by atoms with Gasteiger partial charge < -0.3 is 21.7 Å². The highest BCUT2D eigenvalue weighted by Gasteiger charge is 2.45.